The molecule has 0 atom stereocenters. The number of nitrogens with one attached hydrogen (secondary N) is 1. The first-order chi connectivity index (χ1) is 12.7. The molecule has 2 aromatic carbocycles. The van der Waals surface area contributed by atoms with Crippen LogP contribution in [-0.4, -0.2) is 15.9 Å². The van der Waals surface area contributed by atoms with Gasteiger partial charge >= 0.3 is 0 Å². The third kappa shape index (κ3) is 3.57. The van der Waals surface area contributed by atoms with Gasteiger partial charge in [-0.2, -0.15) is 0 Å². The van der Waals surface area contributed by atoms with Crippen molar-refractivity contribution in [2.75, 3.05) is 0 Å². The van der Waals surface area contributed by atoms with Gasteiger partial charge in [0, 0.05) is 35.5 Å². The Morgan fingerprint density at radius 1 is 1.12 bits per heavy atom. The fraction of sp³-hybridized carbons (Fsp3) is 0.150. The van der Waals surface area contributed by atoms with Gasteiger partial charge in [-0.15, -0.1) is 11.3 Å². The molecule has 0 saturated heterocycles. The maximum Gasteiger partial charge on any atom is 0.230 e. The molecule has 26 heavy (non-hydrogen) atoms. The number of amides is 1. The lowest BCUT2D eigenvalue weighted by molar-refractivity contribution is -0.119. The summed E-state index contributed by atoms with van der Waals surface area (Å²) in [6, 6.07) is 16.5. The summed E-state index contributed by atoms with van der Waals surface area (Å²) in [4.78, 5) is 20.8. The van der Waals surface area contributed by atoms with Crippen molar-refractivity contribution in [3.63, 3.8) is 0 Å². The van der Waals surface area contributed by atoms with E-state index in [-0.39, 0.29) is 5.91 Å². The van der Waals surface area contributed by atoms with E-state index in [4.69, 9.17) is 0 Å². The standard InChI is InChI=1S/C20H17N3OS2/c1-2-5-19(24)23-26-20-22-17-11-13(8-9-18(17)25-20)15-10-14-6-3-4-7-16(14)21-12-15/h3-4,6-12H,2,5H2,1H3,(H,23,24). The fourth-order valence-corrected chi connectivity index (χ4v) is 4.42. The molecule has 1 amide bonds. The largest absolute Gasteiger partial charge is 0.294 e. The third-order valence-electron chi connectivity index (χ3n) is 4.02. The summed E-state index contributed by atoms with van der Waals surface area (Å²) in [7, 11) is 0. The Labute approximate surface area is 159 Å². The predicted octanol–water partition coefficient (Wildman–Crippen LogP) is 5.43. The molecular weight excluding hydrogens is 362 g/mol. The molecule has 0 spiro atoms. The zero-order chi connectivity index (χ0) is 17.9. The minimum atomic E-state index is 0.0414. The number of benzene rings is 2. The van der Waals surface area contributed by atoms with Crippen molar-refractivity contribution in [2.45, 2.75) is 24.1 Å². The Balaban J connectivity index is 1.61. The highest BCUT2D eigenvalue weighted by atomic mass is 32.2. The van der Waals surface area contributed by atoms with Crippen LogP contribution in [0, 0.1) is 0 Å². The molecule has 0 aliphatic heterocycles. The number of hydrogen-bond donors (Lipinski definition) is 1. The lowest BCUT2D eigenvalue weighted by Gasteiger charge is -2.03. The number of para-hydroxylation sites is 1. The molecule has 0 radical (unpaired) electrons. The van der Waals surface area contributed by atoms with E-state index in [2.05, 4.69) is 45.0 Å². The van der Waals surface area contributed by atoms with E-state index in [9.17, 15) is 4.79 Å². The van der Waals surface area contributed by atoms with Gasteiger partial charge in [0.25, 0.3) is 0 Å². The number of carbonyl (C=O) groups excluding carboxylic acids is 1. The van der Waals surface area contributed by atoms with Gasteiger partial charge in [0.05, 0.1) is 15.7 Å². The maximum absolute atomic E-state index is 11.6. The molecule has 4 rings (SSSR count). The molecule has 130 valence electrons. The van der Waals surface area contributed by atoms with Gasteiger partial charge in [0.15, 0.2) is 4.34 Å². The number of aromatic nitrogens is 2. The van der Waals surface area contributed by atoms with E-state index in [0.29, 0.717) is 6.42 Å². The molecule has 2 aromatic heterocycles. The summed E-state index contributed by atoms with van der Waals surface area (Å²) in [6.45, 7) is 1.99. The van der Waals surface area contributed by atoms with Crippen molar-refractivity contribution in [1.29, 1.82) is 0 Å². The summed E-state index contributed by atoms with van der Waals surface area (Å²) in [6.07, 6.45) is 3.28. The molecular formula is C20H17N3OS2. The highest BCUT2D eigenvalue weighted by Crippen LogP contribution is 2.32. The highest BCUT2D eigenvalue weighted by molar-refractivity contribution is 7.99. The average Bonchev–Trinajstić information content (AvgIpc) is 3.08. The molecule has 4 aromatic rings. The molecule has 0 bridgehead atoms. The van der Waals surface area contributed by atoms with Crippen molar-refractivity contribution < 1.29 is 4.79 Å². The van der Waals surface area contributed by atoms with Crippen molar-refractivity contribution >= 4 is 50.3 Å². The molecule has 1 N–H and O–H groups in total. The van der Waals surface area contributed by atoms with Gasteiger partial charge in [-0.3, -0.25) is 14.5 Å². The first kappa shape index (κ1) is 17.0. The summed E-state index contributed by atoms with van der Waals surface area (Å²) < 4.78 is 4.79. The maximum atomic E-state index is 11.6. The van der Waals surface area contributed by atoms with Crippen LogP contribution in [0.25, 0.3) is 32.2 Å². The van der Waals surface area contributed by atoms with Crippen LogP contribution in [0.2, 0.25) is 0 Å². The zero-order valence-electron chi connectivity index (χ0n) is 14.2. The number of thiazole rings is 1. The van der Waals surface area contributed by atoms with Crippen LogP contribution in [0.1, 0.15) is 19.8 Å². The Morgan fingerprint density at radius 3 is 2.88 bits per heavy atom. The van der Waals surface area contributed by atoms with Gasteiger partial charge in [-0.1, -0.05) is 31.2 Å². The van der Waals surface area contributed by atoms with Crippen LogP contribution < -0.4 is 4.72 Å². The number of carbonyl (C=O) groups is 1. The molecule has 6 heteroatoms. The second kappa shape index (κ2) is 7.43. The molecule has 0 aliphatic carbocycles. The van der Waals surface area contributed by atoms with Crippen molar-refractivity contribution in [3.05, 3.63) is 54.7 Å². The van der Waals surface area contributed by atoms with Gasteiger partial charge in [-0.25, -0.2) is 4.98 Å². The van der Waals surface area contributed by atoms with E-state index in [1.165, 1.54) is 11.9 Å². The predicted molar refractivity (Wildman–Crippen MR) is 109 cm³/mol. The van der Waals surface area contributed by atoms with Crippen molar-refractivity contribution in [2.24, 2.45) is 0 Å². The Hall–Kier alpha value is -2.44. The van der Waals surface area contributed by atoms with Crippen molar-refractivity contribution in [3.8, 4) is 11.1 Å². The Morgan fingerprint density at radius 2 is 2.00 bits per heavy atom. The minimum absolute atomic E-state index is 0.0414. The fourth-order valence-electron chi connectivity index (χ4n) is 2.74. The van der Waals surface area contributed by atoms with Crippen LogP contribution in [0.3, 0.4) is 0 Å². The van der Waals surface area contributed by atoms with Crippen LogP contribution >= 0.6 is 23.3 Å². The lowest BCUT2D eigenvalue weighted by Crippen LogP contribution is -2.14. The lowest BCUT2D eigenvalue weighted by atomic mass is 10.1. The summed E-state index contributed by atoms with van der Waals surface area (Å²) in [5.41, 5.74) is 4.09. The van der Waals surface area contributed by atoms with Crippen molar-refractivity contribution in [1.82, 2.24) is 14.7 Å². The first-order valence-corrected chi connectivity index (χ1v) is 10.1. The number of hydrogen-bond acceptors (Lipinski definition) is 5. The number of rotatable bonds is 5. The van der Waals surface area contributed by atoms with Crippen LogP contribution in [0.4, 0.5) is 0 Å². The SMILES string of the molecule is CCCC(=O)NSc1nc2cc(-c3cnc4ccccc4c3)ccc2s1. The monoisotopic (exact) mass is 379 g/mol. The van der Waals surface area contributed by atoms with Gasteiger partial charge < -0.3 is 0 Å². The summed E-state index contributed by atoms with van der Waals surface area (Å²) >= 11 is 2.88. The number of nitrogens with zero attached hydrogens (tertiary/aromatic N) is 2. The molecule has 0 unspecified atom stereocenters. The van der Waals surface area contributed by atoms with Crippen LogP contribution in [0.5, 0.6) is 0 Å². The zero-order valence-corrected chi connectivity index (χ0v) is 15.9. The minimum Gasteiger partial charge on any atom is -0.294 e. The third-order valence-corrected chi connectivity index (χ3v) is 5.95. The molecule has 4 nitrogen and oxygen atoms in total. The summed E-state index contributed by atoms with van der Waals surface area (Å²) in [5.74, 6) is 0.0414. The summed E-state index contributed by atoms with van der Waals surface area (Å²) in [5, 5.41) is 1.12. The molecule has 0 fully saturated rings. The topological polar surface area (TPSA) is 54.9 Å². The second-order valence-electron chi connectivity index (χ2n) is 5.96. The van der Waals surface area contributed by atoms with Gasteiger partial charge in [-0.05, 0) is 36.2 Å². The Kier molecular flexibility index (Phi) is 4.86. The normalized spacial score (nSPS) is 11.1. The van der Waals surface area contributed by atoms with Crippen LogP contribution in [-0.2, 0) is 4.79 Å². The molecule has 2 heterocycles. The Bertz CT molecular complexity index is 1090. The first-order valence-electron chi connectivity index (χ1n) is 8.44. The van der Waals surface area contributed by atoms with E-state index >= 15 is 0 Å². The van der Waals surface area contributed by atoms with Crippen LogP contribution in [0.15, 0.2) is 59.1 Å². The van der Waals surface area contributed by atoms with E-state index < -0.39 is 0 Å². The van der Waals surface area contributed by atoms with E-state index in [1.54, 1.807) is 11.3 Å². The van der Waals surface area contributed by atoms with E-state index in [1.807, 2.05) is 31.3 Å². The average molecular weight is 380 g/mol. The van der Waals surface area contributed by atoms with Gasteiger partial charge in [0.2, 0.25) is 5.91 Å². The van der Waals surface area contributed by atoms with Gasteiger partial charge in [0.1, 0.15) is 0 Å². The number of fused-ring (bicyclic) bond motifs is 2. The number of pyridine rings is 1. The quantitative estimate of drug-likeness (QED) is 0.470. The molecule has 0 saturated carbocycles. The smallest absolute Gasteiger partial charge is 0.230 e. The second-order valence-corrected chi connectivity index (χ2v) is 8.04. The van der Waals surface area contributed by atoms with E-state index in [0.717, 1.165) is 43.0 Å². The highest BCUT2D eigenvalue weighted by Gasteiger charge is 2.09. The molecule has 0 aliphatic rings.